The molecular weight excluding hydrogens is 1250 g/mol. The van der Waals surface area contributed by atoms with Crippen LogP contribution in [0.4, 0.5) is 5.69 Å². The first kappa shape index (κ1) is 65.2. The number of ether oxygens (including phenoxy) is 5. The smallest absolute Gasteiger partial charge is 0.242 e. The molecule has 5 fully saturated rings. The molecule has 98 heavy (non-hydrogen) atoms. The number of aliphatic hydroxyl groups is 6. The standard InChI is InChI=1S/C74H85N9O15/c1-77-28-41-23-36-21-38-15-18-74(93)56-32-94-30-39(11-14-54(38)87)57(45-6-2-3-8-53(45)83-34-79-61-69(83)81-72(76)82-70(61)92)49-26-48-58(63(90)47-24-35(29-85)9-12-43(47)62(48)89)65(95-31-42(86)17-20-84)64(49)98-71(97-56)66(67(74)91)96-33-73-50-16-19-78-68(75)59(50)60-44(13-10-37-5-4-7-52(37)80-60)51(73)27-46(41)40(22-36)25-55(73)88/h2-3,6,8-9,12,16,20,22-24,26,37-39,42,52,54-57,60-61,66-67,69,71-72,77-81,85-88,91,93H,4-5,7,10-11,13-14,17,19,21,25,27-34,75-76H2,1H3,(H,82,92)/t37-,38-,39-,42-,52-,54+,55-,56+,57-,60-,61+,66+,67+,69+,71-,72+,73+,74+/m1/s1. The average molecular weight is 1340 g/mol. The molecule has 4 aliphatic carbocycles. The van der Waals surface area contributed by atoms with Crippen LogP contribution in [0.5, 0.6) is 11.5 Å². The highest BCUT2D eigenvalue weighted by Crippen LogP contribution is 2.58. The summed E-state index contributed by atoms with van der Waals surface area (Å²) in [6.45, 7) is -0.984. The van der Waals surface area contributed by atoms with Crippen LogP contribution in [0.2, 0.25) is 0 Å². The number of para-hydroxylation sites is 1. The quantitative estimate of drug-likeness (QED) is 0.0522. The fourth-order valence-electron chi connectivity index (χ4n) is 18.5. The van der Waals surface area contributed by atoms with Crippen molar-refractivity contribution in [3.05, 3.63) is 156 Å². The molecule has 1 amide bonds. The monoisotopic (exact) mass is 1340 g/mol. The molecule has 0 radical (unpaired) electrons. The third-order valence-corrected chi connectivity index (χ3v) is 23.3. The van der Waals surface area contributed by atoms with Gasteiger partial charge in [0.15, 0.2) is 28.7 Å². The van der Waals surface area contributed by atoms with E-state index in [4.69, 9.17) is 35.2 Å². The van der Waals surface area contributed by atoms with Gasteiger partial charge in [0.2, 0.25) is 12.2 Å². The summed E-state index contributed by atoms with van der Waals surface area (Å²) in [7, 11) is 1.91. The third kappa shape index (κ3) is 10.6. The molecule has 1 saturated carbocycles. The second kappa shape index (κ2) is 25.6. The molecular formula is C74H85N9O15. The highest BCUT2D eigenvalue weighted by molar-refractivity contribution is 6.29. The Morgan fingerprint density at radius 3 is 2.64 bits per heavy atom. The molecule has 1 spiro atoms. The minimum atomic E-state index is -2.55. The highest BCUT2D eigenvalue weighted by Gasteiger charge is 2.61. The van der Waals surface area contributed by atoms with Crippen LogP contribution in [0.1, 0.15) is 128 Å². The molecule has 16 N–H and O–H groups in total. The van der Waals surface area contributed by atoms with Crippen LogP contribution >= 0.6 is 0 Å². The topological polar surface area (TPSA) is 363 Å². The van der Waals surface area contributed by atoms with Crippen LogP contribution < -0.4 is 57.7 Å². The van der Waals surface area contributed by atoms with Crippen LogP contribution in [0, 0.1) is 35.0 Å². The van der Waals surface area contributed by atoms with Crippen molar-refractivity contribution in [2.24, 2.45) is 34.6 Å². The molecule has 12 aliphatic rings. The molecule has 4 aromatic rings. The van der Waals surface area contributed by atoms with Gasteiger partial charge < -0.3 is 91.0 Å². The Hall–Kier alpha value is -7.42. The Morgan fingerprint density at radius 1 is 0.949 bits per heavy atom. The number of hydrogen-bond donors (Lipinski definition) is 14. The lowest BCUT2D eigenvalue weighted by Gasteiger charge is -2.52. The summed E-state index contributed by atoms with van der Waals surface area (Å²) in [4.78, 5) is 59.2. The van der Waals surface area contributed by atoms with Gasteiger partial charge in [-0.3, -0.25) is 30.8 Å². The minimum Gasteiger partial charge on any atom is -0.486 e. The van der Waals surface area contributed by atoms with Gasteiger partial charge in [-0.15, -0.1) is 0 Å². The van der Waals surface area contributed by atoms with E-state index in [-0.39, 0.29) is 109 Å². The maximum atomic E-state index is 15.8. The van der Waals surface area contributed by atoms with E-state index < -0.39 is 122 Å². The number of fused-ring (bicyclic) bond motifs is 17. The molecule has 9 bridgehead atoms. The van der Waals surface area contributed by atoms with E-state index in [2.05, 4.69) is 62.0 Å². The number of hydrogen-bond acceptors (Lipinski definition) is 23. The molecule has 0 unspecified atom stereocenters. The summed E-state index contributed by atoms with van der Waals surface area (Å²) < 4.78 is 35.9. The number of dihydropyridines is 1. The molecule has 18 atom stereocenters. The first-order valence-corrected chi connectivity index (χ1v) is 34.7. The lowest BCUT2D eigenvalue weighted by Crippen LogP contribution is -2.70. The van der Waals surface area contributed by atoms with Crippen molar-refractivity contribution in [2.45, 2.75) is 169 Å². The summed E-state index contributed by atoms with van der Waals surface area (Å²) in [5.41, 5.74) is 18.6. The Balaban J connectivity index is 0.963. The molecule has 516 valence electrons. The van der Waals surface area contributed by atoms with Crippen LogP contribution in [-0.2, 0) is 56.2 Å². The maximum absolute atomic E-state index is 15.8. The first-order valence-electron chi connectivity index (χ1n) is 34.7. The van der Waals surface area contributed by atoms with Gasteiger partial charge in [-0.05, 0) is 151 Å². The maximum Gasteiger partial charge on any atom is 0.242 e. The number of carbonyl (C=O) groups is 4. The Labute approximate surface area is 566 Å². The van der Waals surface area contributed by atoms with Gasteiger partial charge in [0, 0.05) is 65.0 Å². The number of amides is 1. The summed E-state index contributed by atoms with van der Waals surface area (Å²) in [6.07, 6.45) is -4.69. The van der Waals surface area contributed by atoms with Crippen molar-refractivity contribution in [3.8, 4) is 23.3 Å². The predicted octanol–water partition coefficient (Wildman–Crippen LogP) is 0.792. The number of aldehydes is 1. The molecule has 0 aromatic heterocycles. The van der Waals surface area contributed by atoms with Crippen molar-refractivity contribution in [3.63, 3.8) is 0 Å². The normalized spacial score (nSPS) is 34.8. The summed E-state index contributed by atoms with van der Waals surface area (Å²) in [5.74, 6) is 2.47. The zero-order valence-electron chi connectivity index (χ0n) is 54.6. The fraction of sp³-hybridized carbons (Fsp3) is 0.514. The second-order valence-electron chi connectivity index (χ2n) is 28.8. The Kier molecular flexibility index (Phi) is 17.1. The van der Waals surface area contributed by atoms with Crippen molar-refractivity contribution in [1.82, 2.24) is 31.9 Å². The molecule has 8 heterocycles. The van der Waals surface area contributed by atoms with Gasteiger partial charge in [0.25, 0.3) is 0 Å². The van der Waals surface area contributed by atoms with Crippen molar-refractivity contribution in [1.29, 1.82) is 0 Å². The lowest BCUT2D eigenvalue weighted by atomic mass is 9.58. The van der Waals surface area contributed by atoms with Gasteiger partial charge in [0.1, 0.15) is 55.5 Å². The van der Waals surface area contributed by atoms with Crippen molar-refractivity contribution >= 4 is 29.4 Å². The molecule has 4 saturated heterocycles. The fourth-order valence-corrected chi connectivity index (χ4v) is 18.5. The van der Waals surface area contributed by atoms with E-state index in [9.17, 15) is 40.2 Å². The van der Waals surface area contributed by atoms with Crippen molar-refractivity contribution < 1.29 is 73.5 Å². The predicted molar refractivity (Wildman–Crippen MR) is 355 cm³/mol. The molecule has 8 aliphatic heterocycles. The number of ketones is 2. The van der Waals surface area contributed by atoms with E-state index in [1.54, 1.807) is 12.1 Å². The Morgan fingerprint density at radius 2 is 1.81 bits per heavy atom. The largest absolute Gasteiger partial charge is 0.486 e. The number of anilines is 1. The number of nitrogens with zero attached hydrogens (tertiary/aromatic N) is 1. The SMILES string of the molecule is CNCc1cc2cc3c1CC1=C4CC[C@H]5CCC[C@H]5N[C@H]4C4=C(N)NCC=C4[C@]1(CO[C@@H]1[C@H]4Oc5c(cc6c(c5OC[C@H](O)CC=O)C(=O)c5cc(CO)ccc5C6=O)[C@@H](c5ccccc5N5CN[C@@H]6C(=O)N[C@@H](N)N[C@H]65)[C@@H]5CC[C@H](O)[C@H](C#C[C@](O)([C@H](COC5)O4)[C@H]1O)C2)[C@H](O)C3. The number of aliphatic hydroxyl groups excluding tert-OH is 5. The van der Waals surface area contributed by atoms with Crippen LogP contribution in [-0.4, -0.2) is 180 Å². The van der Waals surface area contributed by atoms with E-state index in [0.717, 1.165) is 70.2 Å². The zero-order chi connectivity index (χ0) is 67.6. The summed E-state index contributed by atoms with van der Waals surface area (Å²) >= 11 is 0. The second-order valence-corrected chi connectivity index (χ2v) is 28.8. The first-order chi connectivity index (χ1) is 47.5. The van der Waals surface area contributed by atoms with Gasteiger partial charge in [-0.25, -0.2) is 0 Å². The van der Waals surface area contributed by atoms with E-state index in [1.165, 1.54) is 12.1 Å². The van der Waals surface area contributed by atoms with Gasteiger partial charge in [-0.1, -0.05) is 60.7 Å². The van der Waals surface area contributed by atoms with Crippen LogP contribution in [0.25, 0.3) is 0 Å². The molecule has 24 heteroatoms. The van der Waals surface area contributed by atoms with Gasteiger partial charge in [-0.2, -0.15) is 0 Å². The van der Waals surface area contributed by atoms with Crippen LogP contribution in [0.15, 0.2) is 94.9 Å². The number of benzene rings is 4. The van der Waals surface area contributed by atoms with Crippen molar-refractivity contribution in [2.75, 3.05) is 51.6 Å². The van der Waals surface area contributed by atoms with E-state index in [1.807, 2.05) is 36.2 Å². The van der Waals surface area contributed by atoms with E-state index in [0.29, 0.717) is 60.8 Å². The number of nitrogens with one attached hydrogen (secondary N) is 6. The zero-order valence-corrected chi connectivity index (χ0v) is 54.6. The third-order valence-electron chi connectivity index (χ3n) is 23.3. The number of nitrogens with two attached hydrogens (primary N) is 2. The van der Waals surface area contributed by atoms with Gasteiger partial charge in [0.05, 0.1) is 74.3 Å². The number of carbonyl (C=O) groups excluding carboxylic acids is 4. The van der Waals surface area contributed by atoms with E-state index >= 15 is 9.59 Å². The molecule has 4 aromatic carbocycles. The highest BCUT2D eigenvalue weighted by atomic mass is 16.7. The Bertz CT molecular complexity index is 4110. The minimum absolute atomic E-state index is 0.0394. The van der Waals surface area contributed by atoms with Gasteiger partial charge >= 0.3 is 0 Å². The lowest BCUT2D eigenvalue weighted by molar-refractivity contribution is -0.311. The average Bonchev–Trinajstić information content (AvgIpc) is 1.42. The molecule has 24 nitrogen and oxygen atoms in total. The number of rotatable bonds is 10. The molecule has 16 rings (SSSR count). The van der Waals surface area contributed by atoms with Crippen LogP contribution in [0.3, 0.4) is 0 Å². The summed E-state index contributed by atoms with van der Waals surface area (Å²) in [5, 5.41) is 97.0. The summed E-state index contributed by atoms with van der Waals surface area (Å²) in [6, 6.07) is 17.0.